The molecule has 0 saturated carbocycles. The van der Waals surface area contributed by atoms with Gasteiger partial charge < -0.3 is 5.32 Å². The van der Waals surface area contributed by atoms with E-state index in [0.717, 1.165) is 11.1 Å². The van der Waals surface area contributed by atoms with Crippen LogP contribution in [0.25, 0.3) is 0 Å². The highest BCUT2D eigenvalue weighted by Gasteiger charge is 2.52. The minimum atomic E-state index is -1.54. The predicted molar refractivity (Wildman–Crippen MR) is 95.2 cm³/mol. The van der Waals surface area contributed by atoms with Gasteiger partial charge in [-0.15, -0.1) is 0 Å². The van der Waals surface area contributed by atoms with Crippen molar-refractivity contribution in [2.24, 2.45) is 0 Å². The first-order valence-corrected chi connectivity index (χ1v) is 8.45. The maximum absolute atomic E-state index is 13.2. The lowest BCUT2D eigenvalue weighted by atomic mass is 9.85. The summed E-state index contributed by atoms with van der Waals surface area (Å²) in [5, 5.41) is 14.2. The van der Waals surface area contributed by atoms with Gasteiger partial charge in [0.15, 0.2) is 10.5 Å². The molecule has 3 rings (SSSR count). The normalized spacial score (nSPS) is 19.4. The summed E-state index contributed by atoms with van der Waals surface area (Å²) in [4.78, 5) is 26.0. The van der Waals surface area contributed by atoms with Crippen molar-refractivity contribution >= 4 is 40.7 Å². The Morgan fingerprint density at radius 3 is 2.58 bits per heavy atom. The first-order chi connectivity index (χ1) is 11.5. The number of Topliss-reactive ketones (excluding diaryl/α,β-unsaturated/α-hetero) is 1. The fraction of sp³-hybridized carbons (Fsp3) is 0.167. The summed E-state index contributed by atoms with van der Waals surface area (Å²) in [7, 11) is 0. The average molecular weight is 357 g/mol. The van der Waals surface area contributed by atoms with Crippen LogP contribution in [0.4, 0.5) is 5.69 Å². The molecule has 0 bridgehead atoms. The standard InChI is InChI=1S/C18H13ClN2O2S/c1-11-7-8-13(19)14-15(11)21-17(23)18(16(14)22,24-10-20)9-12-5-3-2-4-6-12/h2-8H,9H2,1H3,(H,21,23). The van der Waals surface area contributed by atoms with Crippen molar-refractivity contribution in [3.8, 4) is 5.40 Å². The van der Waals surface area contributed by atoms with Crippen LogP contribution in [0.3, 0.4) is 0 Å². The molecule has 0 radical (unpaired) electrons. The molecule has 0 aromatic heterocycles. The molecule has 1 aliphatic heterocycles. The molecular weight excluding hydrogens is 344 g/mol. The van der Waals surface area contributed by atoms with Crippen LogP contribution >= 0.6 is 23.4 Å². The summed E-state index contributed by atoms with van der Waals surface area (Å²) in [5.74, 6) is -0.911. The maximum Gasteiger partial charge on any atom is 0.250 e. The number of halogens is 1. The molecule has 0 fully saturated rings. The lowest BCUT2D eigenvalue weighted by Gasteiger charge is -2.34. The summed E-state index contributed by atoms with van der Waals surface area (Å²) in [5.41, 5.74) is 2.26. The molecule has 2 aromatic rings. The number of hydrogen-bond donors (Lipinski definition) is 1. The summed E-state index contributed by atoms with van der Waals surface area (Å²) in [6, 6.07) is 12.5. The van der Waals surface area contributed by atoms with Gasteiger partial charge in [-0.2, -0.15) is 5.26 Å². The predicted octanol–water partition coefficient (Wildman–Crippen LogP) is 3.98. The van der Waals surface area contributed by atoms with Crippen molar-refractivity contribution in [1.29, 1.82) is 5.26 Å². The van der Waals surface area contributed by atoms with Gasteiger partial charge in [0.2, 0.25) is 5.91 Å². The molecule has 1 amide bonds. The Morgan fingerprint density at radius 2 is 1.92 bits per heavy atom. The third-order valence-corrected chi connectivity index (χ3v) is 5.35. The Hall–Kier alpha value is -2.29. The number of anilines is 1. The van der Waals surface area contributed by atoms with E-state index in [1.54, 1.807) is 19.1 Å². The van der Waals surface area contributed by atoms with E-state index < -0.39 is 16.4 Å². The molecule has 1 atom stereocenters. The number of nitrogens with zero attached hydrogens (tertiary/aromatic N) is 1. The number of hydrogen-bond acceptors (Lipinski definition) is 4. The van der Waals surface area contributed by atoms with Gasteiger partial charge >= 0.3 is 0 Å². The van der Waals surface area contributed by atoms with Crippen molar-refractivity contribution < 1.29 is 9.59 Å². The van der Waals surface area contributed by atoms with Crippen molar-refractivity contribution in [3.63, 3.8) is 0 Å². The van der Waals surface area contributed by atoms with Gasteiger partial charge in [0, 0.05) is 6.42 Å². The smallest absolute Gasteiger partial charge is 0.250 e. The Labute approximate surface area is 148 Å². The van der Waals surface area contributed by atoms with Gasteiger partial charge in [-0.05, 0) is 35.9 Å². The fourth-order valence-electron chi connectivity index (χ4n) is 2.83. The van der Waals surface area contributed by atoms with Gasteiger partial charge in [0.25, 0.3) is 0 Å². The molecule has 120 valence electrons. The fourth-order valence-corrected chi connectivity index (χ4v) is 3.81. The summed E-state index contributed by atoms with van der Waals surface area (Å²) >= 11 is 6.90. The second kappa shape index (κ2) is 6.31. The number of nitriles is 1. The Morgan fingerprint density at radius 1 is 1.21 bits per heavy atom. The zero-order valence-electron chi connectivity index (χ0n) is 12.8. The Bertz CT molecular complexity index is 877. The molecule has 1 unspecified atom stereocenters. The molecule has 0 spiro atoms. The van der Waals surface area contributed by atoms with Gasteiger partial charge in [0.05, 0.1) is 16.3 Å². The van der Waals surface area contributed by atoms with Crippen LogP contribution in [-0.2, 0) is 11.2 Å². The van der Waals surface area contributed by atoms with Crippen LogP contribution in [0.15, 0.2) is 42.5 Å². The number of carbonyl (C=O) groups excluding carboxylic acids is 2. The maximum atomic E-state index is 13.2. The van der Waals surface area contributed by atoms with Crippen LogP contribution in [0.2, 0.25) is 5.02 Å². The number of rotatable bonds is 3. The Kier molecular flexibility index (Phi) is 4.35. The van der Waals surface area contributed by atoms with Gasteiger partial charge in [-0.25, -0.2) is 0 Å². The minimum Gasteiger partial charge on any atom is -0.323 e. The molecular formula is C18H13ClN2O2S. The zero-order valence-corrected chi connectivity index (χ0v) is 14.4. The van der Waals surface area contributed by atoms with E-state index >= 15 is 0 Å². The average Bonchev–Trinajstić information content (AvgIpc) is 2.57. The van der Waals surface area contributed by atoms with Crippen molar-refractivity contribution in [2.75, 3.05) is 5.32 Å². The number of nitrogens with one attached hydrogen (secondary N) is 1. The molecule has 6 heteroatoms. The first-order valence-electron chi connectivity index (χ1n) is 7.26. The summed E-state index contributed by atoms with van der Waals surface area (Å²) in [6.07, 6.45) is 0.125. The molecule has 1 N–H and O–H groups in total. The summed E-state index contributed by atoms with van der Waals surface area (Å²) in [6.45, 7) is 1.80. The third kappa shape index (κ3) is 2.58. The number of aryl methyl sites for hydroxylation is 1. The number of thiocyanates is 1. The SMILES string of the molecule is Cc1ccc(Cl)c2c1NC(=O)C(Cc1ccccc1)(SC#N)C2=O. The topological polar surface area (TPSA) is 70.0 Å². The highest BCUT2D eigenvalue weighted by atomic mass is 35.5. The quantitative estimate of drug-likeness (QED) is 0.667. The number of carbonyl (C=O) groups is 2. The molecule has 2 aromatic carbocycles. The summed E-state index contributed by atoms with van der Waals surface area (Å²) < 4.78 is -1.54. The van der Waals surface area contributed by atoms with Crippen LogP contribution in [0, 0.1) is 17.6 Å². The zero-order chi connectivity index (χ0) is 17.3. The second-order valence-electron chi connectivity index (χ2n) is 5.58. The lowest BCUT2D eigenvalue weighted by molar-refractivity contribution is -0.117. The molecule has 4 nitrogen and oxygen atoms in total. The molecule has 0 aliphatic carbocycles. The minimum absolute atomic E-state index is 0.125. The highest BCUT2D eigenvalue weighted by molar-refractivity contribution is 8.06. The van der Waals surface area contributed by atoms with E-state index in [2.05, 4.69) is 5.32 Å². The monoisotopic (exact) mass is 356 g/mol. The highest BCUT2D eigenvalue weighted by Crippen LogP contribution is 2.42. The van der Waals surface area contributed by atoms with Crippen molar-refractivity contribution in [1.82, 2.24) is 0 Å². The lowest BCUT2D eigenvalue weighted by Crippen LogP contribution is -2.52. The molecule has 24 heavy (non-hydrogen) atoms. The van der Waals surface area contributed by atoms with Gasteiger partial charge in [0.1, 0.15) is 5.40 Å². The van der Waals surface area contributed by atoms with Crippen LogP contribution in [-0.4, -0.2) is 16.4 Å². The van der Waals surface area contributed by atoms with E-state index in [9.17, 15) is 14.9 Å². The van der Waals surface area contributed by atoms with E-state index in [4.69, 9.17) is 11.6 Å². The largest absolute Gasteiger partial charge is 0.323 e. The second-order valence-corrected chi connectivity index (χ2v) is 7.07. The molecule has 1 aliphatic rings. The van der Waals surface area contributed by atoms with Crippen LogP contribution in [0.1, 0.15) is 21.5 Å². The number of benzene rings is 2. The van der Waals surface area contributed by atoms with E-state index in [1.807, 2.05) is 35.7 Å². The van der Waals surface area contributed by atoms with Crippen molar-refractivity contribution in [3.05, 3.63) is 64.2 Å². The van der Waals surface area contributed by atoms with Gasteiger partial charge in [-0.1, -0.05) is 48.0 Å². The van der Waals surface area contributed by atoms with E-state index in [-0.39, 0.29) is 17.0 Å². The number of fused-ring (bicyclic) bond motifs is 1. The van der Waals surface area contributed by atoms with E-state index in [1.165, 1.54) is 0 Å². The number of thioether (sulfide) groups is 1. The number of amides is 1. The first kappa shape index (κ1) is 16.6. The van der Waals surface area contributed by atoms with E-state index in [0.29, 0.717) is 17.4 Å². The van der Waals surface area contributed by atoms with Crippen LogP contribution < -0.4 is 5.32 Å². The molecule has 0 saturated heterocycles. The third-order valence-electron chi connectivity index (χ3n) is 4.08. The number of ketones is 1. The Balaban J connectivity index is 2.16. The molecule has 1 heterocycles. The van der Waals surface area contributed by atoms with Crippen LogP contribution in [0.5, 0.6) is 0 Å². The van der Waals surface area contributed by atoms with Crippen molar-refractivity contribution in [2.45, 2.75) is 18.1 Å². The van der Waals surface area contributed by atoms with Gasteiger partial charge in [-0.3, -0.25) is 9.59 Å².